The molecule has 2 rings (SSSR count). The van der Waals surface area contributed by atoms with Crippen molar-refractivity contribution < 1.29 is 18.0 Å². The molecule has 7 heteroatoms. The van der Waals surface area contributed by atoms with E-state index in [2.05, 4.69) is 10.3 Å². The third-order valence-electron chi connectivity index (χ3n) is 3.27. The summed E-state index contributed by atoms with van der Waals surface area (Å²) in [6.45, 7) is 2.97. The Bertz CT molecular complexity index is 729. The summed E-state index contributed by atoms with van der Waals surface area (Å²) in [6.07, 6.45) is -3.11. The number of aryl methyl sites for hydroxylation is 1. The zero-order chi connectivity index (χ0) is 16.5. The summed E-state index contributed by atoms with van der Waals surface area (Å²) in [6, 6.07) is 4.98. The highest BCUT2D eigenvalue weighted by Crippen LogP contribution is 2.33. The Kier molecular flexibility index (Phi) is 4.26. The van der Waals surface area contributed by atoms with Crippen LogP contribution in [-0.4, -0.2) is 18.7 Å². The summed E-state index contributed by atoms with van der Waals surface area (Å²) in [7, 11) is 5.68. The molecule has 0 fully saturated rings. The van der Waals surface area contributed by atoms with Gasteiger partial charge in [0, 0.05) is 11.3 Å². The highest BCUT2D eigenvalue weighted by atomic mass is 19.4. The van der Waals surface area contributed by atoms with E-state index in [1.807, 2.05) is 0 Å². The molecule has 0 bridgehead atoms. The van der Waals surface area contributed by atoms with Crippen LogP contribution in [0.25, 0.3) is 0 Å². The summed E-state index contributed by atoms with van der Waals surface area (Å²) in [5, 5.41) is 2.50. The average molecular weight is 304 g/mol. The van der Waals surface area contributed by atoms with Gasteiger partial charge in [0.25, 0.3) is 5.91 Å². The molecule has 0 unspecified atom stereocenters. The van der Waals surface area contributed by atoms with E-state index < -0.39 is 17.6 Å². The van der Waals surface area contributed by atoms with Crippen LogP contribution in [0.2, 0.25) is 0 Å². The Balaban J connectivity index is 2.32. The molecule has 0 spiro atoms. The van der Waals surface area contributed by atoms with Crippen molar-refractivity contribution in [1.82, 2.24) is 4.98 Å². The van der Waals surface area contributed by atoms with E-state index in [4.69, 9.17) is 7.85 Å². The number of aromatic nitrogens is 1. The molecule has 0 saturated carbocycles. The number of alkyl halides is 3. The minimum absolute atomic E-state index is 0.0472. The van der Waals surface area contributed by atoms with Crippen LogP contribution in [0.4, 0.5) is 18.9 Å². The van der Waals surface area contributed by atoms with E-state index in [1.54, 1.807) is 6.92 Å². The van der Waals surface area contributed by atoms with Crippen molar-refractivity contribution in [3.05, 3.63) is 52.8 Å². The molecule has 0 aliphatic carbocycles. The number of amides is 1. The summed E-state index contributed by atoms with van der Waals surface area (Å²) < 4.78 is 38.6. The molecule has 22 heavy (non-hydrogen) atoms. The predicted molar refractivity (Wildman–Crippen MR) is 78.5 cm³/mol. The molecule has 112 valence electrons. The van der Waals surface area contributed by atoms with Crippen molar-refractivity contribution in [1.29, 1.82) is 0 Å². The number of nitrogens with zero attached hydrogens (tertiary/aromatic N) is 1. The summed E-state index contributed by atoms with van der Waals surface area (Å²) in [5.74, 6) is -0.645. The molecule has 0 saturated heterocycles. The highest BCUT2D eigenvalue weighted by Gasteiger charge is 2.33. The SMILES string of the molecule is [B]c1cc(NC(=O)c2cccc(C(F)(F)F)c2C)cnc1C. The fourth-order valence-electron chi connectivity index (χ4n) is 2.01. The maximum absolute atomic E-state index is 12.9. The van der Waals surface area contributed by atoms with Gasteiger partial charge in [-0.05, 0) is 37.6 Å². The Morgan fingerprint density at radius 1 is 1.27 bits per heavy atom. The zero-order valence-electron chi connectivity index (χ0n) is 12.0. The lowest BCUT2D eigenvalue weighted by molar-refractivity contribution is -0.138. The monoisotopic (exact) mass is 304 g/mol. The second kappa shape index (κ2) is 5.83. The van der Waals surface area contributed by atoms with Gasteiger partial charge >= 0.3 is 6.18 Å². The van der Waals surface area contributed by atoms with E-state index in [-0.39, 0.29) is 11.1 Å². The second-order valence-electron chi connectivity index (χ2n) is 4.83. The number of benzene rings is 1. The van der Waals surface area contributed by atoms with Gasteiger partial charge in [-0.25, -0.2) is 0 Å². The Morgan fingerprint density at radius 2 is 1.95 bits per heavy atom. The molecule has 1 amide bonds. The second-order valence-corrected chi connectivity index (χ2v) is 4.83. The lowest BCUT2D eigenvalue weighted by atomic mass is 9.94. The van der Waals surface area contributed by atoms with Crippen molar-refractivity contribution in [3.63, 3.8) is 0 Å². The Morgan fingerprint density at radius 3 is 2.55 bits per heavy atom. The molecule has 2 radical (unpaired) electrons. The van der Waals surface area contributed by atoms with Gasteiger partial charge in [0.15, 0.2) is 0 Å². The van der Waals surface area contributed by atoms with E-state index in [0.29, 0.717) is 16.8 Å². The number of carbonyl (C=O) groups is 1. The van der Waals surface area contributed by atoms with Crippen molar-refractivity contribution in [3.8, 4) is 0 Å². The number of anilines is 1. The normalized spacial score (nSPS) is 11.3. The maximum Gasteiger partial charge on any atom is 0.416 e. The first-order valence-electron chi connectivity index (χ1n) is 6.40. The number of hydrogen-bond donors (Lipinski definition) is 1. The Labute approximate surface area is 127 Å². The van der Waals surface area contributed by atoms with Crippen LogP contribution in [-0.2, 0) is 6.18 Å². The van der Waals surface area contributed by atoms with Crippen LogP contribution in [0.1, 0.15) is 27.2 Å². The number of hydrogen-bond acceptors (Lipinski definition) is 2. The molecule has 1 N–H and O–H groups in total. The van der Waals surface area contributed by atoms with E-state index in [0.717, 1.165) is 6.07 Å². The van der Waals surface area contributed by atoms with Crippen LogP contribution in [0.15, 0.2) is 30.5 Å². The van der Waals surface area contributed by atoms with Crippen LogP contribution >= 0.6 is 0 Å². The van der Waals surface area contributed by atoms with Crippen molar-refractivity contribution in [2.24, 2.45) is 0 Å². The molecule has 0 aliphatic rings. The van der Waals surface area contributed by atoms with Crippen LogP contribution in [0.3, 0.4) is 0 Å². The topological polar surface area (TPSA) is 42.0 Å². The predicted octanol–water partition coefficient (Wildman–Crippen LogP) is 2.76. The first-order chi connectivity index (χ1) is 10.2. The van der Waals surface area contributed by atoms with E-state index in [9.17, 15) is 18.0 Å². The average Bonchev–Trinajstić information content (AvgIpc) is 2.41. The maximum atomic E-state index is 12.9. The van der Waals surface area contributed by atoms with Gasteiger partial charge in [0.05, 0.1) is 17.4 Å². The van der Waals surface area contributed by atoms with Crippen LogP contribution in [0, 0.1) is 13.8 Å². The molecule has 1 aromatic heterocycles. The molecule has 0 atom stereocenters. The number of nitrogens with one attached hydrogen (secondary N) is 1. The van der Waals surface area contributed by atoms with Gasteiger partial charge in [-0.3, -0.25) is 9.78 Å². The smallest absolute Gasteiger partial charge is 0.321 e. The van der Waals surface area contributed by atoms with Gasteiger partial charge in [-0.2, -0.15) is 13.2 Å². The minimum Gasteiger partial charge on any atom is -0.321 e. The van der Waals surface area contributed by atoms with E-state index >= 15 is 0 Å². The molecule has 1 heterocycles. The van der Waals surface area contributed by atoms with E-state index in [1.165, 1.54) is 31.3 Å². The van der Waals surface area contributed by atoms with Gasteiger partial charge < -0.3 is 5.32 Å². The zero-order valence-corrected chi connectivity index (χ0v) is 12.0. The molecular weight excluding hydrogens is 292 g/mol. The summed E-state index contributed by atoms with van der Waals surface area (Å²) in [4.78, 5) is 16.1. The minimum atomic E-state index is -4.50. The molecule has 2 aromatic rings. The van der Waals surface area contributed by atoms with Gasteiger partial charge in [0.2, 0.25) is 0 Å². The quantitative estimate of drug-likeness (QED) is 0.867. The molecule has 1 aromatic carbocycles. The number of carbonyl (C=O) groups excluding carboxylic acids is 1. The molecule has 3 nitrogen and oxygen atoms in total. The fourth-order valence-corrected chi connectivity index (χ4v) is 2.01. The summed E-state index contributed by atoms with van der Waals surface area (Å²) >= 11 is 0. The molecule has 0 aliphatic heterocycles. The number of halogens is 3. The van der Waals surface area contributed by atoms with Crippen LogP contribution in [0.5, 0.6) is 0 Å². The number of pyridine rings is 1. The fraction of sp³-hybridized carbons (Fsp3) is 0.200. The van der Waals surface area contributed by atoms with Crippen LogP contribution < -0.4 is 10.8 Å². The van der Waals surface area contributed by atoms with Crippen molar-refractivity contribution in [2.75, 3.05) is 5.32 Å². The number of rotatable bonds is 2. The van der Waals surface area contributed by atoms with Crippen molar-refractivity contribution in [2.45, 2.75) is 20.0 Å². The third-order valence-corrected chi connectivity index (χ3v) is 3.27. The summed E-state index contributed by atoms with van der Waals surface area (Å²) in [5.41, 5.74) is 0.313. The lowest BCUT2D eigenvalue weighted by Crippen LogP contribution is -2.18. The largest absolute Gasteiger partial charge is 0.416 e. The first-order valence-corrected chi connectivity index (χ1v) is 6.40. The Hall–Kier alpha value is -2.31. The first kappa shape index (κ1) is 16.1. The lowest BCUT2D eigenvalue weighted by Gasteiger charge is -2.14. The van der Waals surface area contributed by atoms with Gasteiger partial charge in [0.1, 0.15) is 7.85 Å². The highest BCUT2D eigenvalue weighted by molar-refractivity contribution is 6.33. The molecular formula is C15H12BF3N2O. The van der Waals surface area contributed by atoms with Crippen molar-refractivity contribution >= 4 is 24.9 Å². The van der Waals surface area contributed by atoms with Gasteiger partial charge in [-0.15, -0.1) is 0 Å². The third kappa shape index (κ3) is 3.29. The van der Waals surface area contributed by atoms with Gasteiger partial charge in [-0.1, -0.05) is 11.5 Å². The standard InChI is InChI=1S/C15H12BF3N2O/c1-8-11(4-3-5-12(8)15(17,18)19)14(22)21-10-6-13(16)9(2)20-7-10/h3-7H,1-2H3,(H,21,22).